The zero-order chi connectivity index (χ0) is 14.1. The molecule has 0 unspecified atom stereocenters. The Labute approximate surface area is 123 Å². The van der Waals surface area contributed by atoms with Crippen molar-refractivity contribution in [2.24, 2.45) is 11.8 Å². The zero-order valence-corrected chi connectivity index (χ0v) is 12.8. The fourth-order valence-electron chi connectivity index (χ4n) is 3.31. The van der Waals surface area contributed by atoms with Gasteiger partial charge in [0, 0.05) is 12.0 Å². The topological polar surface area (TPSA) is 68.0 Å². The van der Waals surface area contributed by atoms with Gasteiger partial charge in [0.1, 0.15) is 0 Å². The molecule has 110 valence electrons. The SMILES string of the molecule is CC(C)c1nnc(SCC(=O)N[C@@H]2C[C@H]3CC[C@H]2C3)o1. The Morgan fingerprint density at radius 2 is 2.25 bits per heavy atom. The lowest BCUT2D eigenvalue weighted by atomic mass is 9.95. The number of aromatic nitrogens is 2. The smallest absolute Gasteiger partial charge is 0.277 e. The van der Waals surface area contributed by atoms with Crippen LogP contribution in [-0.4, -0.2) is 27.9 Å². The Morgan fingerprint density at radius 1 is 1.40 bits per heavy atom. The molecule has 2 fully saturated rings. The number of carbonyl (C=O) groups is 1. The quantitative estimate of drug-likeness (QED) is 0.846. The first kappa shape index (κ1) is 13.9. The van der Waals surface area contributed by atoms with Crippen LogP contribution < -0.4 is 5.32 Å². The zero-order valence-electron chi connectivity index (χ0n) is 12.0. The van der Waals surface area contributed by atoms with Gasteiger partial charge in [0.25, 0.3) is 5.22 Å². The van der Waals surface area contributed by atoms with Crippen LogP contribution in [0.2, 0.25) is 0 Å². The fraction of sp³-hybridized carbons (Fsp3) is 0.786. The Hall–Kier alpha value is -1.04. The van der Waals surface area contributed by atoms with E-state index in [1.165, 1.54) is 37.4 Å². The van der Waals surface area contributed by atoms with Crippen molar-refractivity contribution >= 4 is 17.7 Å². The largest absolute Gasteiger partial charge is 0.416 e. The number of hydrogen-bond acceptors (Lipinski definition) is 5. The number of amides is 1. The van der Waals surface area contributed by atoms with Crippen LogP contribution in [0.5, 0.6) is 0 Å². The molecule has 2 bridgehead atoms. The molecule has 0 spiro atoms. The van der Waals surface area contributed by atoms with Crippen molar-refractivity contribution in [3.63, 3.8) is 0 Å². The van der Waals surface area contributed by atoms with E-state index < -0.39 is 0 Å². The van der Waals surface area contributed by atoms with Crippen LogP contribution in [0.15, 0.2) is 9.64 Å². The van der Waals surface area contributed by atoms with Gasteiger partial charge in [-0.15, -0.1) is 10.2 Å². The van der Waals surface area contributed by atoms with Crippen molar-refractivity contribution in [3.8, 4) is 0 Å². The van der Waals surface area contributed by atoms with Gasteiger partial charge in [0.2, 0.25) is 11.8 Å². The summed E-state index contributed by atoms with van der Waals surface area (Å²) >= 11 is 1.32. The summed E-state index contributed by atoms with van der Waals surface area (Å²) in [7, 11) is 0. The van der Waals surface area contributed by atoms with Gasteiger partial charge < -0.3 is 9.73 Å². The minimum absolute atomic E-state index is 0.0804. The van der Waals surface area contributed by atoms with Crippen LogP contribution in [-0.2, 0) is 4.79 Å². The number of rotatable bonds is 5. The molecule has 2 aliphatic rings. The van der Waals surface area contributed by atoms with E-state index in [0.29, 0.717) is 28.8 Å². The van der Waals surface area contributed by atoms with E-state index in [-0.39, 0.29) is 11.8 Å². The first-order valence-electron chi connectivity index (χ1n) is 7.37. The van der Waals surface area contributed by atoms with E-state index >= 15 is 0 Å². The molecule has 0 aromatic carbocycles. The van der Waals surface area contributed by atoms with Crippen LogP contribution in [0.4, 0.5) is 0 Å². The number of fused-ring (bicyclic) bond motifs is 2. The van der Waals surface area contributed by atoms with Gasteiger partial charge in [-0.25, -0.2) is 0 Å². The molecule has 0 saturated heterocycles. The van der Waals surface area contributed by atoms with Gasteiger partial charge in [0.05, 0.1) is 5.75 Å². The number of thioether (sulfide) groups is 1. The Balaban J connectivity index is 1.44. The highest BCUT2D eigenvalue weighted by atomic mass is 32.2. The van der Waals surface area contributed by atoms with Gasteiger partial charge >= 0.3 is 0 Å². The highest BCUT2D eigenvalue weighted by molar-refractivity contribution is 7.99. The average Bonchev–Trinajstić information content (AvgIpc) is 3.12. The predicted molar refractivity (Wildman–Crippen MR) is 76.5 cm³/mol. The molecule has 0 aliphatic heterocycles. The molecule has 3 atom stereocenters. The molecule has 0 radical (unpaired) electrons. The number of carbonyl (C=O) groups excluding carboxylic acids is 1. The second-order valence-electron chi connectivity index (χ2n) is 6.20. The highest BCUT2D eigenvalue weighted by Crippen LogP contribution is 2.44. The highest BCUT2D eigenvalue weighted by Gasteiger charge is 2.39. The van der Waals surface area contributed by atoms with Crippen LogP contribution in [0.25, 0.3) is 0 Å². The Bertz CT molecular complexity index is 489. The minimum atomic E-state index is 0.0804. The average molecular weight is 295 g/mol. The summed E-state index contributed by atoms with van der Waals surface area (Å²) in [5.74, 6) is 2.85. The molecule has 2 saturated carbocycles. The first-order chi connectivity index (χ1) is 9.61. The molecule has 1 amide bonds. The molecule has 2 aliphatic carbocycles. The van der Waals surface area contributed by atoms with Gasteiger partial charge in [0.15, 0.2) is 0 Å². The number of nitrogens with zero attached hydrogens (tertiary/aromatic N) is 2. The van der Waals surface area contributed by atoms with Crippen molar-refractivity contribution in [1.82, 2.24) is 15.5 Å². The lowest BCUT2D eigenvalue weighted by Gasteiger charge is -2.22. The summed E-state index contributed by atoms with van der Waals surface area (Å²) in [4.78, 5) is 12.0. The molecule has 20 heavy (non-hydrogen) atoms. The van der Waals surface area contributed by atoms with Gasteiger partial charge in [-0.05, 0) is 31.1 Å². The van der Waals surface area contributed by atoms with Crippen molar-refractivity contribution in [2.45, 2.75) is 56.7 Å². The number of hydrogen-bond donors (Lipinski definition) is 1. The maximum Gasteiger partial charge on any atom is 0.277 e. The molecular weight excluding hydrogens is 274 g/mol. The normalized spacial score (nSPS) is 28.2. The van der Waals surface area contributed by atoms with E-state index in [0.717, 1.165) is 5.92 Å². The molecule has 1 heterocycles. The van der Waals surface area contributed by atoms with Crippen molar-refractivity contribution in [1.29, 1.82) is 0 Å². The summed E-state index contributed by atoms with van der Waals surface area (Å²) in [6.07, 6.45) is 5.11. The standard InChI is InChI=1S/C14H21N3O2S/c1-8(2)13-16-17-14(19-13)20-7-12(18)15-11-6-9-3-4-10(11)5-9/h8-11H,3-7H2,1-2H3,(H,15,18)/t9-,10-,11+/m0/s1. The molecule has 3 rings (SSSR count). The third kappa shape index (κ3) is 3.00. The summed E-state index contributed by atoms with van der Waals surface area (Å²) in [5.41, 5.74) is 0. The molecule has 1 aromatic rings. The lowest BCUT2D eigenvalue weighted by molar-refractivity contribution is -0.119. The molecule has 1 N–H and O–H groups in total. The molecule has 1 aromatic heterocycles. The predicted octanol–water partition coefficient (Wildman–Crippen LogP) is 2.59. The molecular formula is C14H21N3O2S. The fourth-order valence-corrected chi connectivity index (χ4v) is 3.89. The van der Waals surface area contributed by atoms with Crippen molar-refractivity contribution in [2.75, 3.05) is 5.75 Å². The van der Waals surface area contributed by atoms with Crippen molar-refractivity contribution < 1.29 is 9.21 Å². The van der Waals surface area contributed by atoms with Crippen LogP contribution in [0.1, 0.15) is 51.3 Å². The summed E-state index contributed by atoms with van der Waals surface area (Å²) in [6.45, 7) is 4.01. The summed E-state index contributed by atoms with van der Waals surface area (Å²) in [5, 5.41) is 11.5. The van der Waals surface area contributed by atoms with Crippen molar-refractivity contribution in [3.05, 3.63) is 5.89 Å². The Kier molecular flexibility index (Phi) is 4.01. The van der Waals surface area contributed by atoms with Gasteiger partial charge in [-0.1, -0.05) is 32.0 Å². The molecule has 5 nitrogen and oxygen atoms in total. The summed E-state index contributed by atoms with van der Waals surface area (Å²) < 4.78 is 5.48. The third-order valence-electron chi connectivity index (χ3n) is 4.33. The van der Waals surface area contributed by atoms with E-state index in [1.807, 2.05) is 13.8 Å². The van der Waals surface area contributed by atoms with Crippen LogP contribution in [0, 0.1) is 11.8 Å². The van der Waals surface area contributed by atoms with Crippen LogP contribution in [0.3, 0.4) is 0 Å². The number of nitrogens with one attached hydrogen (secondary N) is 1. The van der Waals surface area contributed by atoms with E-state index in [9.17, 15) is 4.79 Å². The van der Waals surface area contributed by atoms with Crippen LogP contribution >= 0.6 is 11.8 Å². The first-order valence-corrected chi connectivity index (χ1v) is 8.36. The maximum atomic E-state index is 12.0. The second-order valence-corrected chi connectivity index (χ2v) is 7.13. The summed E-state index contributed by atoms with van der Waals surface area (Å²) in [6, 6.07) is 0.399. The second kappa shape index (κ2) is 5.76. The monoisotopic (exact) mass is 295 g/mol. The lowest BCUT2D eigenvalue weighted by Crippen LogP contribution is -2.39. The maximum absolute atomic E-state index is 12.0. The van der Waals surface area contributed by atoms with E-state index in [4.69, 9.17) is 4.42 Å². The van der Waals surface area contributed by atoms with E-state index in [2.05, 4.69) is 15.5 Å². The minimum Gasteiger partial charge on any atom is -0.416 e. The molecule has 6 heteroatoms. The van der Waals surface area contributed by atoms with Gasteiger partial charge in [-0.2, -0.15) is 0 Å². The van der Waals surface area contributed by atoms with E-state index in [1.54, 1.807) is 0 Å². The van der Waals surface area contributed by atoms with Gasteiger partial charge in [-0.3, -0.25) is 4.79 Å². The third-order valence-corrected chi connectivity index (χ3v) is 5.15. The Morgan fingerprint density at radius 3 is 2.85 bits per heavy atom.